The number of hydrogen-bond acceptors (Lipinski definition) is 5. The van der Waals surface area contributed by atoms with Gasteiger partial charge in [0.15, 0.2) is 0 Å². The minimum absolute atomic E-state index is 0.591. The van der Waals surface area contributed by atoms with E-state index in [9.17, 15) is 0 Å². The lowest BCUT2D eigenvalue weighted by Crippen LogP contribution is -2.43. The number of piperazine rings is 1. The molecule has 0 spiro atoms. The Hall–Kier alpha value is -1.62. The molecule has 1 aromatic rings. The summed E-state index contributed by atoms with van der Waals surface area (Å²) in [4.78, 5) is 6.54. The second kappa shape index (κ2) is 3.75. The van der Waals surface area contributed by atoms with Crippen molar-refractivity contribution in [3.8, 4) is 0 Å². The van der Waals surface area contributed by atoms with E-state index < -0.39 is 0 Å². The molecule has 2 aliphatic heterocycles. The first-order valence-electron chi connectivity index (χ1n) is 5.49. The maximum Gasteiger partial charge on any atom is 0.0750 e. The van der Waals surface area contributed by atoms with Crippen LogP contribution in [0.1, 0.15) is 12.0 Å². The lowest BCUT2D eigenvalue weighted by molar-refractivity contribution is 0.322. The van der Waals surface area contributed by atoms with Crippen LogP contribution in [0.2, 0.25) is 0 Å². The summed E-state index contributed by atoms with van der Waals surface area (Å²) in [5, 5.41) is 15.0. The van der Waals surface area contributed by atoms with E-state index in [0.717, 1.165) is 24.3 Å². The molecule has 2 fully saturated rings. The minimum atomic E-state index is 0.591. The molecule has 3 heterocycles. The molecule has 2 saturated heterocycles. The van der Waals surface area contributed by atoms with Crippen LogP contribution >= 0.6 is 0 Å². The van der Waals surface area contributed by atoms with Gasteiger partial charge in [0.25, 0.3) is 0 Å². The highest BCUT2D eigenvalue weighted by molar-refractivity contribution is 5.80. The number of pyridine rings is 1. The van der Waals surface area contributed by atoms with Gasteiger partial charge in [-0.05, 0) is 12.5 Å². The summed E-state index contributed by atoms with van der Waals surface area (Å²) in [5.41, 5.74) is 1.95. The van der Waals surface area contributed by atoms with E-state index in [4.69, 9.17) is 5.21 Å². The van der Waals surface area contributed by atoms with Crippen LogP contribution in [0.4, 0.5) is 5.69 Å². The molecular weight excluding hydrogens is 204 g/mol. The molecule has 0 amide bonds. The van der Waals surface area contributed by atoms with Crippen molar-refractivity contribution in [2.75, 3.05) is 18.0 Å². The Morgan fingerprint density at radius 2 is 2.50 bits per heavy atom. The molecule has 0 radical (unpaired) electrons. The lowest BCUT2D eigenvalue weighted by Gasteiger charge is -2.29. The molecule has 2 bridgehead atoms. The Morgan fingerprint density at radius 3 is 3.19 bits per heavy atom. The van der Waals surface area contributed by atoms with Crippen molar-refractivity contribution in [3.63, 3.8) is 0 Å². The number of hydrogen-bond donors (Lipinski definition) is 2. The fourth-order valence-corrected chi connectivity index (χ4v) is 2.62. The molecule has 1 aromatic heterocycles. The molecule has 0 unspecified atom stereocenters. The molecule has 84 valence electrons. The van der Waals surface area contributed by atoms with E-state index in [1.807, 2.05) is 12.3 Å². The van der Waals surface area contributed by atoms with E-state index in [1.165, 1.54) is 12.6 Å². The summed E-state index contributed by atoms with van der Waals surface area (Å²) < 4.78 is 0. The summed E-state index contributed by atoms with van der Waals surface area (Å²) in [6.07, 6.45) is 6.19. The van der Waals surface area contributed by atoms with Crippen LogP contribution in [-0.4, -0.2) is 41.6 Å². The van der Waals surface area contributed by atoms with Crippen LogP contribution in [0.3, 0.4) is 0 Å². The van der Waals surface area contributed by atoms with Gasteiger partial charge in [-0.2, -0.15) is 0 Å². The maximum absolute atomic E-state index is 8.50. The predicted octanol–water partition coefficient (Wildman–Crippen LogP) is 0.440. The Morgan fingerprint density at radius 1 is 1.56 bits per heavy atom. The smallest absolute Gasteiger partial charge is 0.0750 e. The van der Waals surface area contributed by atoms with Gasteiger partial charge in [-0.1, -0.05) is 5.16 Å². The first kappa shape index (κ1) is 9.59. The summed E-state index contributed by atoms with van der Waals surface area (Å²) in [7, 11) is 0. The van der Waals surface area contributed by atoms with Crippen LogP contribution in [0.5, 0.6) is 0 Å². The van der Waals surface area contributed by atoms with Crippen molar-refractivity contribution in [1.82, 2.24) is 10.3 Å². The molecule has 0 saturated carbocycles. The average molecular weight is 218 g/mol. The quantitative estimate of drug-likeness (QED) is 0.429. The maximum atomic E-state index is 8.50. The molecule has 2 atom stereocenters. The molecule has 3 rings (SSSR count). The van der Waals surface area contributed by atoms with Crippen LogP contribution in [0.15, 0.2) is 23.6 Å². The van der Waals surface area contributed by atoms with Gasteiger partial charge in [-0.25, -0.2) is 0 Å². The van der Waals surface area contributed by atoms with Gasteiger partial charge in [0.2, 0.25) is 0 Å². The van der Waals surface area contributed by atoms with Crippen molar-refractivity contribution in [2.24, 2.45) is 5.16 Å². The second-order valence-corrected chi connectivity index (χ2v) is 4.37. The van der Waals surface area contributed by atoms with Gasteiger partial charge in [-0.3, -0.25) is 4.98 Å². The average Bonchev–Trinajstić information content (AvgIpc) is 2.91. The fraction of sp³-hybridized carbons (Fsp3) is 0.455. The van der Waals surface area contributed by atoms with E-state index in [-0.39, 0.29) is 0 Å². The van der Waals surface area contributed by atoms with Crippen LogP contribution < -0.4 is 10.2 Å². The summed E-state index contributed by atoms with van der Waals surface area (Å²) >= 11 is 0. The topological polar surface area (TPSA) is 60.8 Å². The zero-order chi connectivity index (χ0) is 11.0. The normalized spacial score (nSPS) is 28.1. The lowest BCUT2D eigenvalue weighted by atomic mass is 10.2. The minimum Gasteiger partial charge on any atom is -0.411 e. The molecule has 5 nitrogen and oxygen atoms in total. The number of aromatic nitrogens is 1. The van der Waals surface area contributed by atoms with Crippen LogP contribution in [0, 0.1) is 0 Å². The summed E-state index contributed by atoms with van der Waals surface area (Å²) in [6.45, 7) is 2.11. The van der Waals surface area contributed by atoms with E-state index in [0.29, 0.717) is 12.1 Å². The zero-order valence-corrected chi connectivity index (χ0v) is 8.87. The second-order valence-electron chi connectivity index (χ2n) is 4.37. The Kier molecular flexibility index (Phi) is 2.25. The number of rotatable bonds is 2. The third-order valence-electron chi connectivity index (χ3n) is 3.34. The van der Waals surface area contributed by atoms with Crippen LogP contribution in [0.25, 0.3) is 0 Å². The standard InChI is InChI=1S/C11H14N4O/c16-14-4-8-1-10(5-12-3-8)15-7-9-2-11(15)6-13-9/h1,3-5,9,11,13,16H,2,6-7H2/b14-4+/t9-,11-/m0/s1. The number of nitrogens with zero attached hydrogens (tertiary/aromatic N) is 3. The van der Waals surface area contributed by atoms with Gasteiger partial charge >= 0.3 is 0 Å². The zero-order valence-electron chi connectivity index (χ0n) is 8.87. The largest absolute Gasteiger partial charge is 0.411 e. The molecule has 5 heteroatoms. The van der Waals surface area contributed by atoms with Gasteiger partial charge < -0.3 is 15.4 Å². The Balaban J connectivity index is 1.86. The van der Waals surface area contributed by atoms with Gasteiger partial charge in [0, 0.05) is 36.9 Å². The molecule has 2 aliphatic rings. The summed E-state index contributed by atoms with van der Waals surface area (Å²) in [5.74, 6) is 0. The highest BCUT2D eigenvalue weighted by Crippen LogP contribution is 2.28. The fourth-order valence-electron chi connectivity index (χ4n) is 2.62. The molecule has 16 heavy (non-hydrogen) atoms. The first-order chi connectivity index (χ1) is 7.86. The first-order valence-corrected chi connectivity index (χ1v) is 5.49. The van der Waals surface area contributed by atoms with Gasteiger partial charge in [-0.15, -0.1) is 0 Å². The number of nitrogens with one attached hydrogen (secondary N) is 1. The van der Waals surface area contributed by atoms with Gasteiger partial charge in [0.05, 0.1) is 18.1 Å². The molecular formula is C11H14N4O. The van der Waals surface area contributed by atoms with E-state index >= 15 is 0 Å². The van der Waals surface area contributed by atoms with Crippen molar-refractivity contribution in [2.45, 2.75) is 18.5 Å². The number of anilines is 1. The van der Waals surface area contributed by atoms with Crippen molar-refractivity contribution in [1.29, 1.82) is 0 Å². The van der Waals surface area contributed by atoms with Crippen molar-refractivity contribution >= 4 is 11.9 Å². The SMILES string of the molecule is O/N=C/c1cncc(N2C[C@@H]3C[C@H]2CN3)c1. The third-order valence-corrected chi connectivity index (χ3v) is 3.34. The number of fused-ring (bicyclic) bond motifs is 2. The van der Waals surface area contributed by atoms with Gasteiger partial charge in [0.1, 0.15) is 0 Å². The monoisotopic (exact) mass is 218 g/mol. The Bertz CT molecular complexity index is 420. The molecule has 0 aliphatic carbocycles. The highest BCUT2D eigenvalue weighted by Gasteiger charge is 2.37. The van der Waals surface area contributed by atoms with Crippen molar-refractivity contribution in [3.05, 3.63) is 24.0 Å². The van der Waals surface area contributed by atoms with E-state index in [2.05, 4.69) is 20.4 Å². The number of oxime groups is 1. The Labute approximate surface area is 93.8 Å². The van der Waals surface area contributed by atoms with Crippen molar-refractivity contribution < 1.29 is 5.21 Å². The molecule has 2 N–H and O–H groups in total. The highest BCUT2D eigenvalue weighted by atomic mass is 16.4. The van der Waals surface area contributed by atoms with E-state index in [1.54, 1.807) is 6.20 Å². The predicted molar refractivity (Wildman–Crippen MR) is 61.2 cm³/mol. The molecule has 0 aromatic carbocycles. The van der Waals surface area contributed by atoms with Crippen LogP contribution in [-0.2, 0) is 0 Å². The summed E-state index contributed by atoms with van der Waals surface area (Å²) in [6, 6.07) is 3.22. The third kappa shape index (κ3) is 1.53.